The van der Waals surface area contributed by atoms with E-state index in [2.05, 4.69) is 5.32 Å². The van der Waals surface area contributed by atoms with E-state index in [1.54, 1.807) is 0 Å². The van der Waals surface area contributed by atoms with Crippen LogP contribution in [-0.4, -0.2) is 26.9 Å². The van der Waals surface area contributed by atoms with Crippen LogP contribution in [0.4, 0.5) is 11.5 Å². The maximum absolute atomic E-state index is 12.1. The second-order valence-electron chi connectivity index (χ2n) is 5.47. The van der Waals surface area contributed by atoms with Crippen LogP contribution in [0.2, 0.25) is 0 Å². The average molecular weight is 284 g/mol. The quantitative estimate of drug-likeness (QED) is 0.680. The van der Waals surface area contributed by atoms with Crippen LogP contribution in [0.3, 0.4) is 0 Å². The minimum atomic E-state index is -0.447. The average Bonchev–Trinajstić information content (AvgIpc) is 2.37. The third-order valence-electron chi connectivity index (χ3n) is 3.08. The van der Waals surface area contributed by atoms with Gasteiger partial charge in [0.05, 0.1) is 0 Å². The van der Waals surface area contributed by atoms with Crippen LogP contribution in [-0.2, 0) is 13.6 Å². The number of nitrogens with two attached hydrogens (primary N) is 1. The van der Waals surface area contributed by atoms with Gasteiger partial charge in [0.1, 0.15) is 11.5 Å². The highest BCUT2D eigenvalue weighted by molar-refractivity contribution is 5.61. The van der Waals surface area contributed by atoms with E-state index in [0.717, 1.165) is 4.57 Å². The Bertz CT molecular complexity index is 574. The molecule has 1 rings (SSSR count). The molecule has 0 aliphatic carbocycles. The zero-order valence-electron chi connectivity index (χ0n) is 12.5. The Morgan fingerprint density at radius 3 is 2.40 bits per heavy atom. The number of hydrogen-bond acceptors (Lipinski definition) is 5. The molecule has 0 amide bonds. The number of nitrogens with one attached hydrogen (secondary N) is 1. The van der Waals surface area contributed by atoms with E-state index in [9.17, 15) is 9.59 Å². The number of aliphatic hydroxyl groups excluding tert-OH is 1. The molecule has 0 saturated heterocycles. The van der Waals surface area contributed by atoms with E-state index in [-0.39, 0.29) is 30.1 Å². The van der Waals surface area contributed by atoms with Gasteiger partial charge in [-0.05, 0) is 19.3 Å². The Hall–Kier alpha value is -1.76. The van der Waals surface area contributed by atoms with E-state index in [0.29, 0.717) is 13.0 Å². The Morgan fingerprint density at radius 2 is 1.90 bits per heavy atom. The smallest absolute Gasteiger partial charge is 0.332 e. The first-order valence-electron chi connectivity index (χ1n) is 6.76. The van der Waals surface area contributed by atoms with Crippen LogP contribution in [0.15, 0.2) is 9.59 Å². The third kappa shape index (κ3) is 3.41. The summed E-state index contributed by atoms with van der Waals surface area (Å²) in [6.07, 6.45) is 0.492. The molecule has 1 aromatic heterocycles. The molecule has 0 bridgehead atoms. The molecule has 7 heteroatoms. The largest absolute Gasteiger partial charge is 0.396 e. The minimum absolute atomic E-state index is 0.0139. The first kappa shape index (κ1) is 16.3. The summed E-state index contributed by atoms with van der Waals surface area (Å²) < 4.78 is 2.45. The standard InChI is InChI=1S/C13H24N4O3/c1-8(2)7-17-11(14)10(15-9(3)5-6-18)12(19)16(4)13(17)20/h8-9,15,18H,5-7,14H2,1-4H3. The van der Waals surface area contributed by atoms with Gasteiger partial charge in [-0.25, -0.2) is 4.79 Å². The molecular weight excluding hydrogens is 260 g/mol. The summed E-state index contributed by atoms with van der Waals surface area (Å²) in [5.74, 6) is 0.381. The molecule has 114 valence electrons. The highest BCUT2D eigenvalue weighted by atomic mass is 16.3. The molecular formula is C13H24N4O3. The van der Waals surface area contributed by atoms with Gasteiger partial charge in [0.2, 0.25) is 0 Å². The summed E-state index contributed by atoms with van der Waals surface area (Å²) in [7, 11) is 1.43. The molecule has 0 fully saturated rings. The molecule has 20 heavy (non-hydrogen) atoms. The zero-order valence-corrected chi connectivity index (χ0v) is 12.5. The van der Waals surface area contributed by atoms with E-state index >= 15 is 0 Å². The third-order valence-corrected chi connectivity index (χ3v) is 3.08. The van der Waals surface area contributed by atoms with Crippen molar-refractivity contribution in [3.8, 4) is 0 Å². The summed E-state index contributed by atoms with van der Waals surface area (Å²) in [5.41, 5.74) is 5.33. The van der Waals surface area contributed by atoms with Gasteiger partial charge < -0.3 is 16.2 Å². The number of aromatic nitrogens is 2. The molecule has 0 aromatic carbocycles. The summed E-state index contributed by atoms with van der Waals surface area (Å²) in [6.45, 7) is 6.24. The first-order valence-corrected chi connectivity index (χ1v) is 6.76. The monoisotopic (exact) mass is 284 g/mol. The molecule has 0 radical (unpaired) electrons. The van der Waals surface area contributed by atoms with Gasteiger partial charge in [-0.15, -0.1) is 0 Å². The molecule has 7 nitrogen and oxygen atoms in total. The van der Waals surface area contributed by atoms with Gasteiger partial charge in [-0.1, -0.05) is 13.8 Å². The van der Waals surface area contributed by atoms with Gasteiger partial charge in [-0.2, -0.15) is 0 Å². The SMILES string of the molecule is CC(C)Cn1c(N)c(NC(C)CCO)c(=O)n(C)c1=O. The summed E-state index contributed by atoms with van der Waals surface area (Å²) in [6, 6.07) is -0.111. The van der Waals surface area contributed by atoms with Crippen LogP contribution in [0.25, 0.3) is 0 Å². The van der Waals surface area contributed by atoms with Crippen molar-refractivity contribution in [3.05, 3.63) is 20.8 Å². The number of hydrogen-bond donors (Lipinski definition) is 3. The molecule has 1 aromatic rings. The van der Waals surface area contributed by atoms with E-state index < -0.39 is 11.2 Å². The number of anilines is 2. The summed E-state index contributed by atoms with van der Waals surface area (Å²) >= 11 is 0. The van der Waals surface area contributed by atoms with Crippen molar-refractivity contribution in [1.82, 2.24) is 9.13 Å². The van der Waals surface area contributed by atoms with Crippen LogP contribution in [0, 0.1) is 5.92 Å². The lowest BCUT2D eigenvalue weighted by molar-refractivity contribution is 0.282. The Morgan fingerprint density at radius 1 is 1.30 bits per heavy atom. The Labute approximate surface area is 118 Å². The van der Waals surface area contributed by atoms with Crippen molar-refractivity contribution in [2.24, 2.45) is 13.0 Å². The highest BCUT2D eigenvalue weighted by Crippen LogP contribution is 2.14. The lowest BCUT2D eigenvalue weighted by Gasteiger charge is -2.20. The van der Waals surface area contributed by atoms with Crippen LogP contribution in [0.5, 0.6) is 0 Å². The fourth-order valence-corrected chi connectivity index (χ4v) is 1.97. The van der Waals surface area contributed by atoms with Crippen LogP contribution in [0.1, 0.15) is 27.2 Å². The van der Waals surface area contributed by atoms with Crippen molar-refractivity contribution in [3.63, 3.8) is 0 Å². The molecule has 1 atom stereocenters. The van der Waals surface area contributed by atoms with Gasteiger partial charge in [0.15, 0.2) is 0 Å². The molecule has 0 saturated carbocycles. The predicted molar refractivity (Wildman–Crippen MR) is 80.0 cm³/mol. The van der Waals surface area contributed by atoms with Crippen molar-refractivity contribution >= 4 is 11.5 Å². The first-order chi connectivity index (χ1) is 9.29. The molecule has 1 unspecified atom stereocenters. The maximum atomic E-state index is 12.1. The van der Waals surface area contributed by atoms with Crippen LogP contribution < -0.4 is 22.3 Å². The lowest BCUT2D eigenvalue weighted by Crippen LogP contribution is -2.42. The number of nitrogen functional groups attached to an aromatic ring is 1. The van der Waals surface area contributed by atoms with Crippen molar-refractivity contribution in [2.75, 3.05) is 17.7 Å². The molecule has 0 aliphatic heterocycles. The van der Waals surface area contributed by atoms with Crippen molar-refractivity contribution in [1.29, 1.82) is 0 Å². The molecule has 0 aliphatic rings. The normalized spacial score (nSPS) is 12.7. The minimum Gasteiger partial charge on any atom is -0.396 e. The van der Waals surface area contributed by atoms with Gasteiger partial charge >= 0.3 is 5.69 Å². The molecule has 0 spiro atoms. The maximum Gasteiger partial charge on any atom is 0.332 e. The van der Waals surface area contributed by atoms with Crippen LogP contribution >= 0.6 is 0 Å². The number of nitrogens with zero attached hydrogens (tertiary/aromatic N) is 2. The zero-order chi connectivity index (χ0) is 15.4. The van der Waals surface area contributed by atoms with Crippen molar-refractivity contribution in [2.45, 2.75) is 39.8 Å². The van der Waals surface area contributed by atoms with E-state index in [1.165, 1.54) is 11.6 Å². The summed E-state index contributed by atoms with van der Waals surface area (Å²) in [5, 5.41) is 11.9. The van der Waals surface area contributed by atoms with E-state index in [1.807, 2.05) is 20.8 Å². The predicted octanol–water partition coefficient (Wildman–Crippen LogP) is -0.0320. The second-order valence-corrected chi connectivity index (χ2v) is 5.47. The van der Waals surface area contributed by atoms with Gasteiger partial charge in [-0.3, -0.25) is 13.9 Å². The molecule has 1 heterocycles. The van der Waals surface area contributed by atoms with E-state index in [4.69, 9.17) is 10.8 Å². The number of rotatable bonds is 6. The topological polar surface area (TPSA) is 102 Å². The fraction of sp³-hybridized carbons (Fsp3) is 0.692. The number of aliphatic hydroxyl groups is 1. The lowest BCUT2D eigenvalue weighted by atomic mass is 10.2. The highest BCUT2D eigenvalue weighted by Gasteiger charge is 2.17. The Balaban J connectivity index is 3.34. The second kappa shape index (κ2) is 6.60. The fourth-order valence-electron chi connectivity index (χ4n) is 1.97. The molecule has 4 N–H and O–H groups in total. The summed E-state index contributed by atoms with van der Waals surface area (Å²) in [4.78, 5) is 24.2. The van der Waals surface area contributed by atoms with Crippen molar-refractivity contribution < 1.29 is 5.11 Å². The Kier molecular flexibility index (Phi) is 5.38. The van der Waals surface area contributed by atoms with Gasteiger partial charge in [0, 0.05) is 26.2 Å². The van der Waals surface area contributed by atoms with Gasteiger partial charge in [0.25, 0.3) is 5.56 Å².